The number of hydrogen-bond acceptors (Lipinski definition) is 6. The molecule has 2 saturated heterocycles. The minimum Gasteiger partial charge on any atom is -0.362 e. The van der Waals surface area contributed by atoms with E-state index in [0.717, 1.165) is 24.9 Å². The third kappa shape index (κ3) is 5.06. The first kappa shape index (κ1) is 23.4. The van der Waals surface area contributed by atoms with Crippen molar-refractivity contribution in [3.05, 3.63) is 44.5 Å². The van der Waals surface area contributed by atoms with Crippen molar-refractivity contribution in [2.45, 2.75) is 38.8 Å². The number of carbonyl (C=O) groups is 1. The molecule has 7 nitrogen and oxygen atoms in total. The summed E-state index contributed by atoms with van der Waals surface area (Å²) < 4.78 is 0. The van der Waals surface area contributed by atoms with Crippen LogP contribution in [0.25, 0.3) is 0 Å². The predicted octanol–water partition coefficient (Wildman–Crippen LogP) is 4.32. The summed E-state index contributed by atoms with van der Waals surface area (Å²) in [5.74, 6) is 1.36. The molecule has 0 spiro atoms. The number of carbonyl (C=O) groups excluding carboxylic acids is 1. The highest BCUT2D eigenvalue weighted by molar-refractivity contribution is 6.35. The Bertz CT molecular complexity index is 990. The fourth-order valence-corrected chi connectivity index (χ4v) is 4.87. The minimum absolute atomic E-state index is 0.0347. The Morgan fingerprint density at radius 1 is 1.19 bits per heavy atom. The topological polar surface area (TPSA) is 73.4 Å². The predicted molar refractivity (Wildman–Crippen MR) is 130 cm³/mol. The first-order chi connectivity index (χ1) is 15.3. The number of aromatic nitrogens is 2. The molecule has 3 heterocycles. The Morgan fingerprint density at radius 2 is 1.94 bits per heavy atom. The average Bonchev–Trinajstić information content (AvgIpc) is 3.31. The lowest BCUT2D eigenvalue weighted by Crippen LogP contribution is -2.53. The molecular formula is C22H27Cl3N6O. The van der Waals surface area contributed by atoms with Crippen molar-refractivity contribution in [3.63, 3.8) is 0 Å². The summed E-state index contributed by atoms with van der Waals surface area (Å²) in [4.78, 5) is 26.0. The van der Waals surface area contributed by atoms with Gasteiger partial charge in [-0.1, -0.05) is 40.9 Å². The van der Waals surface area contributed by atoms with E-state index >= 15 is 0 Å². The molecule has 172 valence electrons. The molecule has 1 aromatic heterocycles. The number of nitrogens with zero attached hydrogens (tertiary/aromatic N) is 4. The molecule has 0 aliphatic carbocycles. The second kappa shape index (κ2) is 10.00. The Kier molecular flexibility index (Phi) is 7.30. The largest absolute Gasteiger partial charge is 0.362 e. The molecule has 2 N–H and O–H groups in total. The van der Waals surface area contributed by atoms with Gasteiger partial charge in [-0.3, -0.25) is 4.79 Å². The quantitative estimate of drug-likeness (QED) is 0.641. The number of benzene rings is 1. The minimum atomic E-state index is -0.132. The van der Waals surface area contributed by atoms with Crippen LogP contribution in [0.15, 0.2) is 18.2 Å². The van der Waals surface area contributed by atoms with E-state index in [0.29, 0.717) is 58.7 Å². The van der Waals surface area contributed by atoms with Crippen LogP contribution in [0.4, 0.5) is 11.8 Å². The third-order valence-corrected chi connectivity index (χ3v) is 7.03. The molecule has 4 rings (SSSR count). The maximum absolute atomic E-state index is 12.7. The molecule has 1 aromatic carbocycles. The van der Waals surface area contributed by atoms with Crippen LogP contribution in [0.3, 0.4) is 0 Å². The van der Waals surface area contributed by atoms with Crippen LogP contribution in [0.5, 0.6) is 0 Å². The van der Waals surface area contributed by atoms with E-state index in [9.17, 15) is 4.79 Å². The Morgan fingerprint density at radius 3 is 2.59 bits per heavy atom. The summed E-state index contributed by atoms with van der Waals surface area (Å²) in [6.45, 7) is 7.44. The van der Waals surface area contributed by atoms with Crippen LogP contribution in [-0.4, -0.2) is 59.5 Å². The van der Waals surface area contributed by atoms with E-state index < -0.39 is 0 Å². The third-order valence-electron chi connectivity index (χ3n) is 6.02. The fourth-order valence-electron chi connectivity index (χ4n) is 4.16. The molecule has 0 saturated carbocycles. The molecular weight excluding hydrogens is 471 g/mol. The summed E-state index contributed by atoms with van der Waals surface area (Å²) in [6.07, 6.45) is 1.98. The lowest BCUT2D eigenvalue weighted by atomic mass is 10.1. The molecule has 2 fully saturated rings. The molecule has 2 atom stereocenters. The number of anilines is 2. The molecule has 1 unspecified atom stereocenters. The number of aryl methyl sites for hydroxylation is 1. The summed E-state index contributed by atoms with van der Waals surface area (Å²) in [5.41, 5.74) is 1.60. The second-order valence-electron chi connectivity index (χ2n) is 8.26. The van der Waals surface area contributed by atoms with Crippen LogP contribution >= 0.6 is 34.8 Å². The lowest BCUT2D eigenvalue weighted by molar-refractivity contribution is -0.133. The molecule has 10 heteroatoms. The summed E-state index contributed by atoms with van der Waals surface area (Å²) in [7, 11) is 0. The van der Waals surface area contributed by atoms with Gasteiger partial charge >= 0.3 is 0 Å². The van der Waals surface area contributed by atoms with E-state index in [1.165, 1.54) is 0 Å². The van der Waals surface area contributed by atoms with Crippen LogP contribution in [0.1, 0.15) is 37.1 Å². The second-order valence-corrected chi connectivity index (χ2v) is 9.49. The van der Waals surface area contributed by atoms with Crippen LogP contribution < -0.4 is 15.5 Å². The van der Waals surface area contributed by atoms with Crippen LogP contribution in [-0.2, 0) is 4.79 Å². The van der Waals surface area contributed by atoms with Crippen molar-refractivity contribution < 1.29 is 4.79 Å². The number of rotatable bonds is 5. The smallest absolute Gasteiger partial charge is 0.239 e. The van der Waals surface area contributed by atoms with Gasteiger partial charge in [-0.15, -0.1) is 0 Å². The normalized spacial score (nSPS) is 19.8. The number of hydrogen-bond donors (Lipinski definition) is 2. The Labute approximate surface area is 203 Å². The zero-order valence-electron chi connectivity index (χ0n) is 18.2. The Hall–Kier alpha value is -1.80. The maximum atomic E-state index is 12.7. The number of halogens is 3. The lowest BCUT2D eigenvalue weighted by Gasteiger charge is -2.36. The van der Waals surface area contributed by atoms with Gasteiger partial charge in [0.05, 0.1) is 17.8 Å². The zero-order valence-corrected chi connectivity index (χ0v) is 20.4. The fraction of sp³-hybridized carbons (Fsp3) is 0.500. The van der Waals surface area contributed by atoms with E-state index in [4.69, 9.17) is 39.8 Å². The van der Waals surface area contributed by atoms with E-state index in [1.807, 2.05) is 24.8 Å². The highest BCUT2D eigenvalue weighted by Crippen LogP contribution is 2.32. The molecule has 1 amide bonds. The van der Waals surface area contributed by atoms with Gasteiger partial charge in [0.25, 0.3) is 0 Å². The number of piperazine rings is 1. The zero-order chi connectivity index (χ0) is 22.8. The highest BCUT2D eigenvalue weighted by atomic mass is 35.5. The monoisotopic (exact) mass is 496 g/mol. The van der Waals surface area contributed by atoms with Crippen LogP contribution in [0.2, 0.25) is 15.1 Å². The summed E-state index contributed by atoms with van der Waals surface area (Å²) >= 11 is 18.9. The standard InChI is InChI=1S/C22H27Cl3N6O/c1-13(16-6-5-15(23)12-17(16)24)27-20-19(25)14(2)28-22(29-20)31-10-8-30(9-11-31)21(32)18-4-3-7-26-18/h5-6,12-13,18,26H,3-4,7-11H2,1-2H3,(H,27,28,29)/t13?,18-/m1/s1. The maximum Gasteiger partial charge on any atom is 0.239 e. The molecule has 0 bridgehead atoms. The molecule has 2 aliphatic rings. The van der Waals surface area contributed by atoms with Crippen LogP contribution in [0, 0.1) is 6.92 Å². The first-order valence-corrected chi connectivity index (χ1v) is 12.0. The first-order valence-electron chi connectivity index (χ1n) is 10.9. The SMILES string of the molecule is Cc1nc(N2CCN(C(=O)[C@H]3CCCN3)CC2)nc(NC(C)c2ccc(Cl)cc2Cl)c1Cl. The van der Waals surface area contributed by atoms with Gasteiger partial charge in [0.1, 0.15) is 5.02 Å². The van der Waals surface area contributed by atoms with E-state index in [1.54, 1.807) is 12.1 Å². The summed E-state index contributed by atoms with van der Waals surface area (Å²) in [6, 6.07) is 5.25. The van der Waals surface area contributed by atoms with Gasteiger partial charge in [0.15, 0.2) is 5.82 Å². The van der Waals surface area contributed by atoms with Gasteiger partial charge < -0.3 is 20.4 Å². The van der Waals surface area contributed by atoms with Crippen molar-refractivity contribution in [1.29, 1.82) is 0 Å². The number of nitrogens with one attached hydrogen (secondary N) is 2. The van der Waals surface area contributed by atoms with Gasteiger partial charge in [-0.2, -0.15) is 4.98 Å². The van der Waals surface area contributed by atoms with Crippen molar-refractivity contribution in [1.82, 2.24) is 20.2 Å². The van der Waals surface area contributed by atoms with Crippen molar-refractivity contribution >= 4 is 52.5 Å². The van der Waals surface area contributed by atoms with Gasteiger partial charge in [0.2, 0.25) is 11.9 Å². The summed E-state index contributed by atoms with van der Waals surface area (Å²) in [5, 5.41) is 8.30. The van der Waals surface area contributed by atoms with E-state index in [2.05, 4.69) is 20.5 Å². The number of amides is 1. The van der Waals surface area contributed by atoms with Gasteiger partial charge in [-0.05, 0) is 50.9 Å². The van der Waals surface area contributed by atoms with Crippen molar-refractivity contribution in [2.75, 3.05) is 42.9 Å². The van der Waals surface area contributed by atoms with Crippen molar-refractivity contribution in [2.24, 2.45) is 0 Å². The average molecular weight is 498 g/mol. The molecule has 32 heavy (non-hydrogen) atoms. The van der Waals surface area contributed by atoms with Crippen molar-refractivity contribution in [3.8, 4) is 0 Å². The molecule has 0 radical (unpaired) electrons. The highest BCUT2D eigenvalue weighted by Gasteiger charge is 2.30. The molecule has 2 aromatic rings. The Balaban J connectivity index is 1.46. The van der Waals surface area contributed by atoms with Gasteiger partial charge in [-0.25, -0.2) is 4.98 Å². The van der Waals surface area contributed by atoms with E-state index in [-0.39, 0.29) is 18.0 Å². The van der Waals surface area contributed by atoms with Gasteiger partial charge in [0, 0.05) is 36.2 Å². The molecule has 2 aliphatic heterocycles.